The molecule has 0 saturated heterocycles. The number of halogens is 1. The van der Waals surface area contributed by atoms with Crippen LogP contribution in [0.1, 0.15) is 25.8 Å². The zero-order valence-corrected chi connectivity index (χ0v) is 10.8. The van der Waals surface area contributed by atoms with Crippen LogP contribution in [0.5, 0.6) is 0 Å². The van der Waals surface area contributed by atoms with E-state index in [0.717, 1.165) is 24.3 Å². The summed E-state index contributed by atoms with van der Waals surface area (Å²) in [6.07, 6.45) is 2.77. The second-order valence-electron chi connectivity index (χ2n) is 4.41. The number of hydrogen-bond donors (Lipinski definition) is 1. The molecule has 90 valence electrons. The molecule has 0 aliphatic carbocycles. The minimum atomic E-state index is -0.0251. The van der Waals surface area contributed by atoms with E-state index in [-0.39, 0.29) is 6.61 Å². The maximum atomic E-state index is 8.96. The predicted octanol–water partition coefficient (Wildman–Crippen LogP) is 2.71. The Morgan fingerprint density at radius 3 is 2.69 bits per heavy atom. The molecule has 0 saturated carbocycles. The molecular formula is C12H19ClN2O. The Kier molecular flexibility index (Phi) is 5.03. The molecule has 0 atom stereocenters. The first kappa shape index (κ1) is 13.3. The van der Waals surface area contributed by atoms with Crippen LogP contribution in [-0.2, 0) is 6.61 Å². The van der Waals surface area contributed by atoms with E-state index >= 15 is 0 Å². The van der Waals surface area contributed by atoms with Gasteiger partial charge in [-0.3, -0.25) is 0 Å². The number of aliphatic hydroxyl groups is 1. The van der Waals surface area contributed by atoms with Crippen LogP contribution in [0.15, 0.2) is 12.3 Å². The van der Waals surface area contributed by atoms with Crippen LogP contribution in [0.2, 0.25) is 5.02 Å². The predicted molar refractivity (Wildman–Crippen MR) is 67.9 cm³/mol. The highest BCUT2D eigenvalue weighted by atomic mass is 35.5. The molecule has 0 unspecified atom stereocenters. The highest BCUT2D eigenvalue weighted by Gasteiger charge is 2.08. The zero-order valence-electron chi connectivity index (χ0n) is 10.1. The average molecular weight is 243 g/mol. The molecule has 1 aromatic heterocycles. The van der Waals surface area contributed by atoms with Gasteiger partial charge < -0.3 is 10.0 Å². The number of nitrogens with zero attached hydrogens (tertiary/aromatic N) is 2. The lowest BCUT2D eigenvalue weighted by Gasteiger charge is -2.20. The van der Waals surface area contributed by atoms with Gasteiger partial charge in [0.2, 0.25) is 0 Å². The van der Waals surface area contributed by atoms with E-state index < -0.39 is 0 Å². The topological polar surface area (TPSA) is 36.4 Å². The normalized spacial score (nSPS) is 10.9. The van der Waals surface area contributed by atoms with Crippen molar-refractivity contribution in [3.8, 4) is 0 Å². The lowest BCUT2D eigenvalue weighted by Crippen LogP contribution is -2.21. The maximum Gasteiger partial charge on any atom is 0.147 e. The van der Waals surface area contributed by atoms with Crippen molar-refractivity contribution in [1.29, 1.82) is 0 Å². The Morgan fingerprint density at radius 1 is 1.50 bits per heavy atom. The van der Waals surface area contributed by atoms with E-state index in [4.69, 9.17) is 16.7 Å². The van der Waals surface area contributed by atoms with Crippen molar-refractivity contribution in [2.24, 2.45) is 5.92 Å². The quantitative estimate of drug-likeness (QED) is 0.863. The fraction of sp³-hybridized carbons (Fsp3) is 0.583. The average Bonchev–Trinajstić information content (AvgIpc) is 2.25. The van der Waals surface area contributed by atoms with Gasteiger partial charge in [-0.05, 0) is 24.0 Å². The van der Waals surface area contributed by atoms with Crippen molar-refractivity contribution in [2.45, 2.75) is 26.9 Å². The van der Waals surface area contributed by atoms with E-state index in [2.05, 4.69) is 18.8 Å². The summed E-state index contributed by atoms with van der Waals surface area (Å²) in [6, 6.07) is 1.76. The van der Waals surface area contributed by atoms with Crippen molar-refractivity contribution in [2.75, 3.05) is 18.5 Å². The van der Waals surface area contributed by atoms with Crippen molar-refractivity contribution in [1.82, 2.24) is 4.98 Å². The van der Waals surface area contributed by atoms with Crippen LogP contribution in [-0.4, -0.2) is 23.7 Å². The van der Waals surface area contributed by atoms with Gasteiger partial charge in [0.1, 0.15) is 5.82 Å². The van der Waals surface area contributed by atoms with E-state index in [1.165, 1.54) is 0 Å². The summed E-state index contributed by atoms with van der Waals surface area (Å²) in [5.74, 6) is 1.44. The van der Waals surface area contributed by atoms with Crippen LogP contribution in [0.4, 0.5) is 5.82 Å². The summed E-state index contributed by atoms with van der Waals surface area (Å²) in [7, 11) is 1.98. The number of anilines is 1. The van der Waals surface area contributed by atoms with Gasteiger partial charge in [-0.15, -0.1) is 0 Å². The van der Waals surface area contributed by atoms with Crippen molar-refractivity contribution in [3.63, 3.8) is 0 Å². The fourth-order valence-electron chi connectivity index (χ4n) is 1.40. The van der Waals surface area contributed by atoms with Crippen LogP contribution >= 0.6 is 11.6 Å². The molecule has 0 amide bonds. The summed E-state index contributed by atoms with van der Waals surface area (Å²) < 4.78 is 0. The first-order valence-corrected chi connectivity index (χ1v) is 5.88. The largest absolute Gasteiger partial charge is 0.392 e. The molecule has 0 aromatic carbocycles. The SMILES string of the molecule is CC(C)CCN(C)c1ncc(CO)cc1Cl. The Balaban J connectivity index is 2.71. The van der Waals surface area contributed by atoms with Gasteiger partial charge in [0, 0.05) is 19.8 Å². The van der Waals surface area contributed by atoms with E-state index in [1.54, 1.807) is 12.3 Å². The van der Waals surface area contributed by atoms with Crippen LogP contribution in [0.3, 0.4) is 0 Å². The van der Waals surface area contributed by atoms with Gasteiger partial charge in [-0.1, -0.05) is 25.4 Å². The Hall–Kier alpha value is -0.800. The molecule has 3 nitrogen and oxygen atoms in total. The molecular weight excluding hydrogens is 224 g/mol. The minimum Gasteiger partial charge on any atom is -0.392 e. The molecule has 1 aromatic rings. The number of pyridine rings is 1. The first-order valence-electron chi connectivity index (χ1n) is 5.51. The Labute approximate surface area is 102 Å². The third kappa shape index (κ3) is 3.65. The van der Waals surface area contributed by atoms with Crippen molar-refractivity contribution in [3.05, 3.63) is 22.8 Å². The molecule has 1 heterocycles. The van der Waals surface area contributed by atoms with Gasteiger partial charge in [0.15, 0.2) is 0 Å². The van der Waals surface area contributed by atoms with Gasteiger partial charge >= 0.3 is 0 Å². The molecule has 16 heavy (non-hydrogen) atoms. The molecule has 0 bridgehead atoms. The highest BCUT2D eigenvalue weighted by molar-refractivity contribution is 6.33. The van der Waals surface area contributed by atoms with E-state index in [1.807, 2.05) is 11.9 Å². The standard InChI is InChI=1S/C12H19ClN2O/c1-9(2)4-5-15(3)12-11(13)6-10(8-16)7-14-12/h6-7,9,16H,4-5,8H2,1-3H3. The van der Waals surface area contributed by atoms with Crippen molar-refractivity contribution >= 4 is 17.4 Å². The summed E-state index contributed by atoms with van der Waals surface area (Å²) in [5.41, 5.74) is 0.742. The molecule has 1 rings (SSSR count). The van der Waals surface area contributed by atoms with E-state index in [9.17, 15) is 0 Å². The lowest BCUT2D eigenvalue weighted by atomic mass is 10.1. The number of rotatable bonds is 5. The summed E-state index contributed by atoms with van der Waals surface area (Å²) in [4.78, 5) is 6.31. The van der Waals surface area contributed by atoms with Crippen LogP contribution in [0.25, 0.3) is 0 Å². The Bertz CT molecular complexity index is 342. The highest BCUT2D eigenvalue weighted by Crippen LogP contribution is 2.23. The monoisotopic (exact) mass is 242 g/mol. The Morgan fingerprint density at radius 2 is 2.19 bits per heavy atom. The van der Waals surface area contributed by atoms with Gasteiger partial charge in [0.05, 0.1) is 11.6 Å². The van der Waals surface area contributed by atoms with Gasteiger partial charge in [0.25, 0.3) is 0 Å². The minimum absolute atomic E-state index is 0.0251. The smallest absolute Gasteiger partial charge is 0.147 e. The zero-order chi connectivity index (χ0) is 12.1. The molecule has 1 N–H and O–H groups in total. The molecule has 0 aliphatic rings. The summed E-state index contributed by atoms with van der Waals surface area (Å²) in [6.45, 7) is 5.29. The molecule has 0 fully saturated rings. The summed E-state index contributed by atoms with van der Waals surface area (Å²) >= 11 is 6.10. The van der Waals surface area contributed by atoms with Crippen LogP contribution in [0, 0.1) is 5.92 Å². The van der Waals surface area contributed by atoms with Crippen LogP contribution < -0.4 is 4.90 Å². The maximum absolute atomic E-state index is 8.96. The number of hydrogen-bond acceptors (Lipinski definition) is 3. The fourth-order valence-corrected chi connectivity index (χ4v) is 1.73. The molecule has 0 spiro atoms. The third-order valence-electron chi connectivity index (χ3n) is 2.46. The molecule has 0 aliphatic heterocycles. The number of aliphatic hydroxyl groups excluding tert-OH is 1. The number of aromatic nitrogens is 1. The second kappa shape index (κ2) is 6.06. The lowest BCUT2D eigenvalue weighted by molar-refractivity contribution is 0.281. The third-order valence-corrected chi connectivity index (χ3v) is 2.74. The second-order valence-corrected chi connectivity index (χ2v) is 4.82. The molecule has 4 heteroatoms. The van der Waals surface area contributed by atoms with Crippen molar-refractivity contribution < 1.29 is 5.11 Å². The molecule has 0 radical (unpaired) electrons. The van der Waals surface area contributed by atoms with Gasteiger partial charge in [-0.25, -0.2) is 4.98 Å². The first-order chi connectivity index (χ1) is 7.54. The van der Waals surface area contributed by atoms with E-state index in [0.29, 0.717) is 10.9 Å². The summed E-state index contributed by atoms with van der Waals surface area (Å²) in [5, 5.41) is 9.55. The van der Waals surface area contributed by atoms with Gasteiger partial charge in [-0.2, -0.15) is 0 Å².